The maximum Gasteiger partial charge on any atom is 1.00 e. The predicted molar refractivity (Wildman–Crippen MR) is 86.0 cm³/mol. The summed E-state index contributed by atoms with van der Waals surface area (Å²) in [6.07, 6.45) is 14.4. The van der Waals surface area contributed by atoms with Crippen molar-refractivity contribution in [1.82, 2.24) is 5.32 Å². The van der Waals surface area contributed by atoms with Gasteiger partial charge in [-0.25, -0.2) is 8.42 Å². The molecule has 0 bridgehead atoms. The van der Waals surface area contributed by atoms with E-state index in [0.29, 0.717) is 6.42 Å². The van der Waals surface area contributed by atoms with Gasteiger partial charge in [0.05, 0.1) is 15.9 Å². The van der Waals surface area contributed by atoms with Crippen molar-refractivity contribution in [2.24, 2.45) is 0 Å². The molecule has 0 amide bonds. The number of unbranched alkanes of at least 4 members (excludes halogenated alkanes) is 9. The molecule has 0 aliphatic heterocycles. The first-order valence-electron chi connectivity index (χ1n) is 7.91. The number of hydrogen-bond donors (Lipinski definition) is 1. The second-order valence-electron chi connectivity index (χ2n) is 5.09. The van der Waals surface area contributed by atoms with Crippen molar-refractivity contribution in [2.75, 3.05) is 19.3 Å². The molecule has 0 aliphatic rings. The fourth-order valence-corrected chi connectivity index (χ4v) is 2.19. The van der Waals surface area contributed by atoms with Crippen molar-refractivity contribution in [1.29, 1.82) is 0 Å². The van der Waals surface area contributed by atoms with Gasteiger partial charge >= 0.3 is 59.1 Å². The van der Waals surface area contributed by atoms with Crippen LogP contribution in [0, 0.1) is 0 Å². The third-order valence-electron chi connectivity index (χ3n) is 2.98. The van der Waals surface area contributed by atoms with Crippen LogP contribution in [0.2, 0.25) is 0 Å². The van der Waals surface area contributed by atoms with Gasteiger partial charge in [-0.15, -0.1) is 0 Å². The zero-order valence-electron chi connectivity index (χ0n) is 15.5. The van der Waals surface area contributed by atoms with Crippen LogP contribution in [0.4, 0.5) is 0 Å². The van der Waals surface area contributed by atoms with Gasteiger partial charge in [-0.05, 0) is 7.05 Å². The largest absolute Gasteiger partial charge is 1.00 e. The van der Waals surface area contributed by atoms with Crippen LogP contribution in [0.1, 0.15) is 71.1 Å². The molecular weight excluding hydrogens is 336 g/mol. The van der Waals surface area contributed by atoms with E-state index in [1.165, 1.54) is 51.4 Å². The molecule has 0 fully saturated rings. The summed E-state index contributed by atoms with van der Waals surface area (Å²) < 4.78 is 29.4. The summed E-state index contributed by atoms with van der Waals surface area (Å²) in [5.41, 5.74) is 0. The molecule has 0 saturated heterocycles. The van der Waals surface area contributed by atoms with Crippen LogP contribution in [0.25, 0.3) is 0 Å². The minimum absolute atomic E-state index is 0. The van der Waals surface area contributed by atoms with E-state index >= 15 is 0 Å². The molecule has 0 heterocycles. The summed E-state index contributed by atoms with van der Waals surface area (Å²) in [4.78, 5) is 9.89. The van der Waals surface area contributed by atoms with Gasteiger partial charge in [0.1, 0.15) is 0 Å². The first-order valence-corrected chi connectivity index (χ1v) is 9.48. The Morgan fingerprint density at radius 2 is 1.35 bits per heavy atom. The third kappa shape index (κ3) is 39.9. The number of nitrogens with one attached hydrogen (secondary N) is 1. The fraction of sp³-hybridized carbons (Fsp3) is 0.933. The molecule has 0 atom stereocenters. The van der Waals surface area contributed by atoms with Crippen LogP contribution < -0.4 is 64.4 Å². The summed E-state index contributed by atoms with van der Waals surface area (Å²) in [5, 5.41) is 2.55. The van der Waals surface area contributed by atoms with E-state index in [9.17, 15) is 17.8 Å². The summed E-state index contributed by atoms with van der Waals surface area (Å²) >= 11 is 0. The molecule has 0 rings (SSSR count). The molecule has 0 aromatic carbocycles. The van der Waals surface area contributed by atoms with Crippen LogP contribution in [0.15, 0.2) is 0 Å². The second-order valence-corrected chi connectivity index (χ2v) is 6.61. The van der Waals surface area contributed by atoms with E-state index in [2.05, 4.69) is 12.2 Å². The first kappa shape index (κ1) is 32.2. The van der Waals surface area contributed by atoms with Crippen molar-refractivity contribution in [2.45, 2.75) is 71.1 Å². The molecule has 23 heavy (non-hydrogen) atoms. The monoisotopic (exact) mass is 367 g/mol. The molecule has 1 N–H and O–H groups in total. The van der Waals surface area contributed by atoms with Gasteiger partial charge in [-0.3, -0.25) is 6.29 Å². The van der Waals surface area contributed by atoms with E-state index < -0.39 is 10.1 Å². The van der Waals surface area contributed by atoms with Gasteiger partial charge in [0.25, 0.3) is 0 Å². The molecule has 0 unspecified atom stereocenters. The van der Waals surface area contributed by atoms with Gasteiger partial charge in [0.15, 0.2) is 0 Å². The number of rotatable bonds is 13. The Labute approximate surface area is 187 Å². The van der Waals surface area contributed by atoms with Crippen LogP contribution in [-0.4, -0.2) is 38.6 Å². The van der Waals surface area contributed by atoms with Crippen LogP contribution in [-0.2, 0) is 14.9 Å². The minimum Gasteiger partial charge on any atom is -0.748 e. The molecule has 0 aromatic rings. The summed E-state index contributed by atoms with van der Waals surface area (Å²) in [6, 6.07) is 0. The van der Waals surface area contributed by atoms with Gasteiger partial charge in [-0.2, -0.15) is 6.42 Å². The van der Waals surface area contributed by atoms with E-state index in [4.69, 9.17) is 0 Å². The summed E-state index contributed by atoms with van der Waals surface area (Å²) in [6.45, 7) is 2.47. The van der Waals surface area contributed by atoms with Gasteiger partial charge in [0, 0.05) is 6.54 Å². The van der Waals surface area contributed by atoms with Crippen LogP contribution in [0.3, 0.4) is 0 Å². The average Bonchev–Trinajstić information content (AvgIpc) is 2.43. The van der Waals surface area contributed by atoms with Gasteiger partial charge in [0.2, 0.25) is 0 Å². The minimum atomic E-state index is -4.00. The average molecular weight is 367 g/mol. The maximum absolute atomic E-state index is 9.89. The zero-order chi connectivity index (χ0) is 16.4. The van der Waals surface area contributed by atoms with Crippen molar-refractivity contribution in [3.05, 3.63) is 0 Å². The normalized spacial score (nSPS) is 9.87. The predicted octanol–water partition coefficient (Wildman–Crippen LogP) is -3.22. The van der Waals surface area contributed by atoms with E-state index in [1.807, 2.05) is 6.29 Å². The molecule has 0 spiro atoms. The van der Waals surface area contributed by atoms with Crippen molar-refractivity contribution >= 4 is 16.4 Å². The zero-order valence-corrected chi connectivity index (χ0v) is 20.3. The summed E-state index contributed by atoms with van der Waals surface area (Å²) in [5.74, 6) is -0.330. The van der Waals surface area contributed by atoms with E-state index in [1.54, 1.807) is 7.05 Å². The van der Waals surface area contributed by atoms with E-state index in [-0.39, 0.29) is 71.4 Å². The topological polar surface area (TPSA) is 86.3 Å². The molecule has 5 nitrogen and oxygen atoms in total. The molecule has 8 heteroatoms. The Morgan fingerprint density at radius 3 is 1.65 bits per heavy atom. The molecule has 0 saturated carbocycles. The summed E-state index contributed by atoms with van der Waals surface area (Å²) in [7, 11) is -2.41. The molecular formula is C15H31NNa2O4S. The fourth-order valence-electron chi connectivity index (χ4n) is 1.73. The quantitative estimate of drug-likeness (QED) is 0.160. The van der Waals surface area contributed by atoms with E-state index in [0.717, 1.165) is 6.42 Å². The van der Waals surface area contributed by atoms with Gasteiger partial charge in [-0.1, -0.05) is 64.7 Å². The Kier molecular flexibility index (Phi) is 36.1. The number of hydrogen-bond acceptors (Lipinski definition) is 5. The van der Waals surface area contributed by atoms with Crippen molar-refractivity contribution < 1.29 is 76.9 Å². The molecule has 0 aliphatic carbocycles. The van der Waals surface area contributed by atoms with Crippen molar-refractivity contribution in [3.63, 3.8) is 0 Å². The van der Waals surface area contributed by atoms with Crippen LogP contribution >= 0.6 is 0 Å². The maximum atomic E-state index is 9.89. The number of carbonyl (C=O) groups excluding carboxylic acids is 1. The Hall–Kier alpha value is 1.54. The molecule has 0 aromatic heterocycles. The van der Waals surface area contributed by atoms with Gasteiger partial charge < -0.3 is 14.7 Å². The molecule has 128 valence electrons. The Morgan fingerprint density at radius 1 is 0.913 bits per heavy atom. The molecule has 0 radical (unpaired) electrons. The van der Waals surface area contributed by atoms with Crippen LogP contribution in [0.5, 0.6) is 0 Å². The first-order chi connectivity index (χ1) is 9.97. The Balaban J connectivity index is -0.000000158. The van der Waals surface area contributed by atoms with Crippen molar-refractivity contribution in [3.8, 4) is 0 Å². The smallest absolute Gasteiger partial charge is 0.748 e. The standard InChI is InChI=1S/C12H23O.C3H9NO3S.2Na/c1-2-3-4-5-6-7-8-9-10-11-12-13;1-4-2-3-8(5,6)7;;/h2-11H2,1H3;4H,2-3H2,1H3,(H,5,6,7);;/q-1;;2*+1/p-1. The second kappa shape index (κ2) is 25.8. The third-order valence-corrected chi connectivity index (χ3v) is 3.69. The SMILES string of the molecule is CCCCCCCCCCC[C-]=O.CNCCS(=O)(=O)[O-].[Na+].[Na+]. The Bertz CT molecular complexity index is 315.